The Morgan fingerprint density at radius 2 is 2.32 bits per heavy atom. The Balaban J connectivity index is 1.37. The van der Waals surface area contributed by atoms with Crippen molar-refractivity contribution in [1.29, 1.82) is 0 Å². The van der Waals surface area contributed by atoms with Crippen molar-refractivity contribution in [3.63, 3.8) is 0 Å². The Labute approximate surface area is 113 Å². The van der Waals surface area contributed by atoms with E-state index < -0.39 is 0 Å². The average Bonchev–Trinajstić information content (AvgIpc) is 3.08. The fourth-order valence-corrected chi connectivity index (χ4v) is 1.62. The molecule has 1 aromatic heterocycles. The predicted octanol–water partition coefficient (Wildman–Crippen LogP) is 1.73. The highest BCUT2D eigenvalue weighted by molar-refractivity contribution is 5.77. The van der Waals surface area contributed by atoms with E-state index in [-0.39, 0.29) is 12.5 Å². The molecule has 1 saturated carbocycles. The Bertz CT molecular complexity index is 360. The van der Waals surface area contributed by atoms with Crippen molar-refractivity contribution in [1.82, 2.24) is 5.32 Å². The molecule has 1 N–H and O–H groups in total. The number of furan rings is 1. The zero-order valence-electron chi connectivity index (χ0n) is 11.1. The summed E-state index contributed by atoms with van der Waals surface area (Å²) in [4.78, 5) is 11.4. The zero-order chi connectivity index (χ0) is 13.3. The number of ether oxygens (including phenoxy) is 2. The minimum atomic E-state index is -0.0494. The van der Waals surface area contributed by atoms with Crippen molar-refractivity contribution < 1.29 is 18.7 Å². The van der Waals surface area contributed by atoms with Crippen molar-refractivity contribution in [3.8, 4) is 0 Å². The van der Waals surface area contributed by atoms with Crippen molar-refractivity contribution in [2.45, 2.75) is 25.9 Å². The van der Waals surface area contributed by atoms with Crippen LogP contribution in [0.3, 0.4) is 0 Å². The number of amides is 1. The van der Waals surface area contributed by atoms with Crippen LogP contribution in [0.15, 0.2) is 22.8 Å². The molecule has 1 amide bonds. The summed E-state index contributed by atoms with van der Waals surface area (Å²) in [5, 5.41) is 2.80. The Kier molecular flexibility index (Phi) is 5.91. The molecule has 0 atom stereocenters. The standard InChI is InChI=1S/C14H21NO4/c16-14(11-18-9-12-4-5-12)15-6-2-7-17-10-13-3-1-8-19-13/h1,3,8,12H,2,4-7,9-11H2,(H,15,16). The first kappa shape index (κ1) is 14.1. The quantitative estimate of drug-likeness (QED) is 0.656. The predicted molar refractivity (Wildman–Crippen MR) is 69.5 cm³/mol. The maximum absolute atomic E-state index is 11.4. The number of nitrogens with one attached hydrogen (secondary N) is 1. The molecule has 1 aliphatic rings. The molecule has 0 bridgehead atoms. The zero-order valence-corrected chi connectivity index (χ0v) is 11.1. The molecule has 0 aromatic carbocycles. The summed E-state index contributed by atoms with van der Waals surface area (Å²) in [6.45, 7) is 2.59. The van der Waals surface area contributed by atoms with Gasteiger partial charge < -0.3 is 19.2 Å². The molecule has 0 radical (unpaired) electrons. The molecule has 0 saturated heterocycles. The molecule has 1 aliphatic carbocycles. The number of carbonyl (C=O) groups is 1. The molecule has 0 aliphatic heterocycles. The van der Waals surface area contributed by atoms with E-state index in [9.17, 15) is 4.79 Å². The number of carbonyl (C=O) groups excluding carboxylic acids is 1. The van der Waals surface area contributed by atoms with Crippen LogP contribution < -0.4 is 5.32 Å². The van der Waals surface area contributed by atoms with Gasteiger partial charge in [-0.25, -0.2) is 0 Å². The van der Waals surface area contributed by atoms with E-state index in [2.05, 4.69) is 5.32 Å². The highest BCUT2D eigenvalue weighted by Crippen LogP contribution is 2.28. The van der Waals surface area contributed by atoms with E-state index in [1.54, 1.807) is 6.26 Å². The lowest BCUT2D eigenvalue weighted by Crippen LogP contribution is -2.29. The van der Waals surface area contributed by atoms with Crippen LogP contribution in [-0.4, -0.2) is 32.3 Å². The van der Waals surface area contributed by atoms with Crippen LogP contribution in [-0.2, 0) is 20.9 Å². The Hall–Kier alpha value is -1.33. The second-order valence-corrected chi connectivity index (χ2v) is 4.79. The van der Waals surface area contributed by atoms with Crippen LogP contribution in [0.25, 0.3) is 0 Å². The summed E-state index contributed by atoms with van der Waals surface area (Å²) in [7, 11) is 0. The van der Waals surface area contributed by atoms with Gasteiger partial charge in [-0.1, -0.05) is 0 Å². The van der Waals surface area contributed by atoms with Gasteiger partial charge in [-0.3, -0.25) is 4.79 Å². The maximum atomic E-state index is 11.4. The van der Waals surface area contributed by atoms with E-state index in [4.69, 9.17) is 13.9 Å². The summed E-state index contributed by atoms with van der Waals surface area (Å²) in [5.41, 5.74) is 0. The first-order valence-corrected chi connectivity index (χ1v) is 6.79. The topological polar surface area (TPSA) is 60.7 Å². The Morgan fingerprint density at radius 3 is 3.05 bits per heavy atom. The van der Waals surface area contributed by atoms with Gasteiger partial charge in [0.2, 0.25) is 5.91 Å². The van der Waals surface area contributed by atoms with Gasteiger partial charge in [0.1, 0.15) is 19.0 Å². The highest BCUT2D eigenvalue weighted by atomic mass is 16.5. The summed E-state index contributed by atoms with van der Waals surface area (Å²) < 4.78 is 15.8. The first-order chi connectivity index (χ1) is 9.34. The van der Waals surface area contributed by atoms with E-state index in [0.717, 1.165) is 18.8 Å². The van der Waals surface area contributed by atoms with Crippen LogP contribution in [0.5, 0.6) is 0 Å². The molecule has 1 heterocycles. The van der Waals surface area contributed by atoms with Gasteiger partial charge in [0.25, 0.3) is 0 Å². The van der Waals surface area contributed by atoms with E-state index in [1.807, 2.05) is 12.1 Å². The smallest absolute Gasteiger partial charge is 0.245 e. The van der Waals surface area contributed by atoms with Crippen LogP contribution in [0.1, 0.15) is 25.0 Å². The van der Waals surface area contributed by atoms with Crippen LogP contribution in [0.2, 0.25) is 0 Å². The average molecular weight is 267 g/mol. The van der Waals surface area contributed by atoms with Gasteiger partial charge >= 0.3 is 0 Å². The minimum Gasteiger partial charge on any atom is -0.467 e. The van der Waals surface area contributed by atoms with E-state index >= 15 is 0 Å². The monoisotopic (exact) mass is 267 g/mol. The van der Waals surface area contributed by atoms with Crippen LogP contribution in [0, 0.1) is 5.92 Å². The molecule has 1 fully saturated rings. The van der Waals surface area contributed by atoms with Gasteiger partial charge in [-0.15, -0.1) is 0 Å². The van der Waals surface area contributed by atoms with Crippen molar-refractivity contribution in [3.05, 3.63) is 24.2 Å². The molecule has 0 unspecified atom stereocenters. The van der Waals surface area contributed by atoms with Gasteiger partial charge in [-0.2, -0.15) is 0 Å². The van der Waals surface area contributed by atoms with Crippen LogP contribution >= 0.6 is 0 Å². The fraction of sp³-hybridized carbons (Fsp3) is 0.643. The van der Waals surface area contributed by atoms with Gasteiger partial charge in [0.05, 0.1) is 12.9 Å². The largest absolute Gasteiger partial charge is 0.467 e. The molecule has 1 aromatic rings. The third-order valence-electron chi connectivity index (χ3n) is 2.90. The molecular weight excluding hydrogens is 246 g/mol. The summed E-state index contributed by atoms with van der Waals surface area (Å²) in [6.07, 6.45) is 4.90. The first-order valence-electron chi connectivity index (χ1n) is 6.79. The van der Waals surface area contributed by atoms with Crippen molar-refractivity contribution in [2.24, 2.45) is 5.92 Å². The normalized spacial score (nSPS) is 14.5. The second-order valence-electron chi connectivity index (χ2n) is 4.79. The summed E-state index contributed by atoms with van der Waals surface area (Å²) >= 11 is 0. The van der Waals surface area contributed by atoms with Crippen molar-refractivity contribution in [2.75, 3.05) is 26.4 Å². The maximum Gasteiger partial charge on any atom is 0.245 e. The lowest BCUT2D eigenvalue weighted by molar-refractivity contribution is -0.125. The third-order valence-corrected chi connectivity index (χ3v) is 2.90. The number of rotatable bonds is 10. The van der Waals surface area contributed by atoms with E-state index in [1.165, 1.54) is 12.8 Å². The SMILES string of the molecule is O=C(COCC1CC1)NCCCOCc1ccco1. The lowest BCUT2D eigenvalue weighted by Gasteiger charge is -2.06. The van der Waals surface area contributed by atoms with E-state index in [0.29, 0.717) is 25.7 Å². The molecule has 2 rings (SSSR count). The molecule has 19 heavy (non-hydrogen) atoms. The highest BCUT2D eigenvalue weighted by Gasteiger charge is 2.21. The third kappa shape index (κ3) is 6.40. The van der Waals surface area contributed by atoms with Crippen LogP contribution in [0.4, 0.5) is 0 Å². The second kappa shape index (κ2) is 7.96. The van der Waals surface area contributed by atoms with Crippen molar-refractivity contribution >= 4 is 5.91 Å². The fourth-order valence-electron chi connectivity index (χ4n) is 1.62. The molecule has 5 heteroatoms. The van der Waals surface area contributed by atoms with Gasteiger partial charge in [-0.05, 0) is 37.3 Å². The molecule has 0 spiro atoms. The van der Waals surface area contributed by atoms with Gasteiger partial charge in [0, 0.05) is 13.2 Å². The lowest BCUT2D eigenvalue weighted by atomic mass is 10.4. The molecular formula is C14H21NO4. The molecule has 106 valence electrons. The minimum absolute atomic E-state index is 0.0494. The summed E-state index contributed by atoms with van der Waals surface area (Å²) in [6, 6.07) is 3.71. The summed E-state index contributed by atoms with van der Waals surface area (Å²) in [5.74, 6) is 1.46. The van der Waals surface area contributed by atoms with Gasteiger partial charge in [0.15, 0.2) is 0 Å². The number of hydrogen-bond donors (Lipinski definition) is 1. The molecule has 5 nitrogen and oxygen atoms in total. The number of hydrogen-bond acceptors (Lipinski definition) is 4. The Morgan fingerprint density at radius 1 is 1.42 bits per heavy atom.